The lowest BCUT2D eigenvalue weighted by atomic mass is 9.69. The third-order valence-electron chi connectivity index (χ3n) is 4.55. The van der Waals surface area contributed by atoms with Gasteiger partial charge in [0.2, 0.25) is 15.9 Å². The topological polar surface area (TPSA) is 104 Å². The number of rotatable bonds is 5. The number of amides is 1. The van der Waals surface area contributed by atoms with Gasteiger partial charge in [-0.05, 0) is 25.7 Å². The number of aliphatic carboxylic acids is 1. The van der Waals surface area contributed by atoms with Crippen LogP contribution in [0.25, 0.3) is 0 Å². The summed E-state index contributed by atoms with van der Waals surface area (Å²) in [6.07, 6.45) is 5.10. The zero-order valence-electron chi connectivity index (χ0n) is 12.2. The SMILES string of the molecule is CS(=O)(=O)N1CCCCC1C(=O)NCC1(C(=O)O)CCC1. The summed E-state index contributed by atoms with van der Waals surface area (Å²) in [4.78, 5) is 23.5. The number of nitrogens with one attached hydrogen (secondary N) is 1. The lowest BCUT2D eigenvalue weighted by Gasteiger charge is -2.39. The van der Waals surface area contributed by atoms with E-state index in [1.54, 1.807) is 0 Å². The molecular weight excluding hydrogens is 296 g/mol. The molecule has 1 atom stereocenters. The monoisotopic (exact) mass is 318 g/mol. The van der Waals surface area contributed by atoms with Crippen LogP contribution in [0.15, 0.2) is 0 Å². The lowest BCUT2D eigenvalue weighted by molar-refractivity contribution is -0.154. The number of carbonyl (C=O) groups is 2. The number of nitrogens with zero attached hydrogens (tertiary/aromatic N) is 1. The van der Waals surface area contributed by atoms with Crippen molar-refractivity contribution in [2.45, 2.75) is 44.6 Å². The summed E-state index contributed by atoms with van der Waals surface area (Å²) < 4.78 is 24.7. The van der Waals surface area contributed by atoms with Crippen LogP contribution < -0.4 is 5.32 Å². The fraction of sp³-hybridized carbons (Fsp3) is 0.846. The summed E-state index contributed by atoms with van der Waals surface area (Å²) in [7, 11) is -3.43. The maximum absolute atomic E-state index is 12.3. The Labute approximate surface area is 124 Å². The van der Waals surface area contributed by atoms with Gasteiger partial charge in [-0.2, -0.15) is 4.31 Å². The first-order valence-electron chi connectivity index (χ1n) is 7.24. The number of carboxylic acids is 1. The van der Waals surface area contributed by atoms with Crippen LogP contribution in [0.1, 0.15) is 38.5 Å². The number of hydrogen-bond donors (Lipinski definition) is 2. The summed E-state index contributed by atoms with van der Waals surface area (Å²) in [5, 5.41) is 11.9. The van der Waals surface area contributed by atoms with Gasteiger partial charge in [0.05, 0.1) is 11.7 Å². The molecule has 1 unspecified atom stereocenters. The first-order valence-corrected chi connectivity index (χ1v) is 9.09. The van der Waals surface area contributed by atoms with Crippen LogP contribution in [0.2, 0.25) is 0 Å². The standard InChI is InChI=1S/C13H22N2O5S/c1-21(19,20)15-8-3-2-5-10(15)11(16)14-9-13(12(17)18)6-4-7-13/h10H,2-9H2,1H3,(H,14,16)(H,17,18). The highest BCUT2D eigenvalue weighted by Crippen LogP contribution is 2.40. The normalized spacial score (nSPS) is 25.9. The van der Waals surface area contributed by atoms with Gasteiger partial charge in [-0.1, -0.05) is 12.8 Å². The predicted octanol–water partition coefficient (Wildman–Crippen LogP) is 0.172. The van der Waals surface area contributed by atoms with Crippen molar-refractivity contribution in [2.24, 2.45) is 5.41 Å². The van der Waals surface area contributed by atoms with Crippen LogP contribution in [0, 0.1) is 5.41 Å². The quantitative estimate of drug-likeness (QED) is 0.752. The average Bonchev–Trinajstić information content (AvgIpc) is 2.35. The largest absolute Gasteiger partial charge is 0.481 e. The molecule has 0 radical (unpaired) electrons. The number of hydrogen-bond acceptors (Lipinski definition) is 4. The minimum atomic E-state index is -3.43. The highest BCUT2D eigenvalue weighted by Gasteiger charge is 2.45. The number of sulfonamides is 1. The minimum Gasteiger partial charge on any atom is -0.481 e. The highest BCUT2D eigenvalue weighted by molar-refractivity contribution is 7.88. The second-order valence-corrected chi connectivity index (χ2v) is 7.98. The Morgan fingerprint density at radius 1 is 1.29 bits per heavy atom. The lowest BCUT2D eigenvalue weighted by Crippen LogP contribution is -2.55. The van der Waals surface area contributed by atoms with Crippen LogP contribution in [0.3, 0.4) is 0 Å². The van der Waals surface area contributed by atoms with E-state index in [0.717, 1.165) is 25.5 Å². The molecule has 2 rings (SSSR count). The van der Waals surface area contributed by atoms with Crippen LogP contribution in [0.4, 0.5) is 0 Å². The highest BCUT2D eigenvalue weighted by atomic mass is 32.2. The number of carbonyl (C=O) groups excluding carboxylic acids is 1. The second-order valence-electron chi connectivity index (χ2n) is 6.04. The van der Waals surface area contributed by atoms with E-state index in [-0.39, 0.29) is 12.5 Å². The molecule has 2 fully saturated rings. The van der Waals surface area contributed by atoms with Gasteiger partial charge in [0.25, 0.3) is 0 Å². The molecule has 0 aromatic heterocycles. The molecule has 0 aromatic carbocycles. The molecule has 2 aliphatic rings. The van der Waals surface area contributed by atoms with Crippen molar-refractivity contribution in [2.75, 3.05) is 19.3 Å². The zero-order chi connectivity index (χ0) is 15.7. The summed E-state index contributed by atoms with van der Waals surface area (Å²) in [5.74, 6) is -1.27. The molecule has 1 amide bonds. The van der Waals surface area contributed by atoms with Crippen LogP contribution in [0.5, 0.6) is 0 Å². The van der Waals surface area contributed by atoms with Crippen molar-refractivity contribution in [3.63, 3.8) is 0 Å². The van der Waals surface area contributed by atoms with Crippen LogP contribution >= 0.6 is 0 Å². The van der Waals surface area contributed by atoms with Crippen LogP contribution in [-0.4, -0.2) is 55.1 Å². The average molecular weight is 318 g/mol. The molecule has 1 saturated heterocycles. The van der Waals surface area contributed by atoms with Crippen molar-refractivity contribution < 1.29 is 23.1 Å². The Balaban J connectivity index is 2.00. The van der Waals surface area contributed by atoms with Gasteiger partial charge in [-0.15, -0.1) is 0 Å². The number of carboxylic acid groups (broad SMARTS) is 1. The summed E-state index contributed by atoms with van der Waals surface area (Å²) >= 11 is 0. The minimum absolute atomic E-state index is 0.0786. The Kier molecular flexibility index (Phi) is 4.57. The zero-order valence-corrected chi connectivity index (χ0v) is 13.0. The van der Waals surface area contributed by atoms with E-state index in [4.69, 9.17) is 0 Å². The third kappa shape index (κ3) is 3.37. The fourth-order valence-electron chi connectivity index (χ4n) is 3.01. The van der Waals surface area contributed by atoms with Crippen molar-refractivity contribution in [1.29, 1.82) is 0 Å². The van der Waals surface area contributed by atoms with Gasteiger partial charge in [-0.25, -0.2) is 8.42 Å². The van der Waals surface area contributed by atoms with Crippen molar-refractivity contribution >= 4 is 21.9 Å². The molecule has 1 aliphatic heterocycles. The van der Waals surface area contributed by atoms with E-state index < -0.39 is 27.4 Å². The molecular formula is C13H22N2O5S. The van der Waals surface area contributed by atoms with E-state index in [0.29, 0.717) is 25.8 Å². The van der Waals surface area contributed by atoms with Gasteiger partial charge in [0.15, 0.2) is 0 Å². The molecule has 2 N–H and O–H groups in total. The molecule has 1 heterocycles. The second kappa shape index (κ2) is 5.92. The maximum atomic E-state index is 12.3. The third-order valence-corrected chi connectivity index (χ3v) is 5.84. The summed E-state index contributed by atoms with van der Waals surface area (Å²) in [5.41, 5.74) is -0.861. The fourth-order valence-corrected chi connectivity index (χ4v) is 4.13. The maximum Gasteiger partial charge on any atom is 0.311 e. The van der Waals surface area contributed by atoms with Gasteiger partial charge in [0, 0.05) is 13.1 Å². The predicted molar refractivity (Wildman–Crippen MR) is 76.1 cm³/mol. The van der Waals surface area contributed by atoms with E-state index in [1.807, 2.05) is 0 Å². The Bertz CT molecular complexity index is 527. The Morgan fingerprint density at radius 2 is 1.95 bits per heavy atom. The van der Waals surface area contributed by atoms with Crippen LogP contribution in [-0.2, 0) is 19.6 Å². The summed E-state index contributed by atoms with van der Waals surface area (Å²) in [6, 6.07) is -0.709. The molecule has 0 spiro atoms. The molecule has 120 valence electrons. The van der Waals surface area contributed by atoms with Crippen molar-refractivity contribution in [3.05, 3.63) is 0 Å². The van der Waals surface area contributed by atoms with Gasteiger partial charge >= 0.3 is 5.97 Å². The molecule has 21 heavy (non-hydrogen) atoms. The van der Waals surface area contributed by atoms with Gasteiger partial charge < -0.3 is 10.4 Å². The first kappa shape index (κ1) is 16.2. The summed E-state index contributed by atoms with van der Waals surface area (Å²) in [6.45, 7) is 0.427. The van der Waals surface area contributed by atoms with E-state index in [2.05, 4.69) is 5.32 Å². The molecule has 0 aromatic rings. The Hall–Kier alpha value is -1.15. The number of piperidine rings is 1. The molecule has 1 aliphatic carbocycles. The van der Waals surface area contributed by atoms with E-state index in [9.17, 15) is 23.1 Å². The van der Waals surface area contributed by atoms with Gasteiger partial charge in [-0.3, -0.25) is 9.59 Å². The molecule has 8 heteroatoms. The first-order chi connectivity index (χ1) is 9.76. The Morgan fingerprint density at radius 3 is 2.43 bits per heavy atom. The molecule has 7 nitrogen and oxygen atoms in total. The van der Waals surface area contributed by atoms with Gasteiger partial charge in [0.1, 0.15) is 6.04 Å². The van der Waals surface area contributed by atoms with Crippen molar-refractivity contribution in [1.82, 2.24) is 9.62 Å². The van der Waals surface area contributed by atoms with Crippen molar-refractivity contribution in [3.8, 4) is 0 Å². The van der Waals surface area contributed by atoms with E-state index >= 15 is 0 Å². The molecule has 1 saturated carbocycles. The van der Waals surface area contributed by atoms with E-state index in [1.165, 1.54) is 4.31 Å². The molecule has 0 bridgehead atoms. The smallest absolute Gasteiger partial charge is 0.311 e.